The number of sulfone groups is 1. The molecule has 1 atom stereocenters. The first kappa shape index (κ1) is 19.4. The molecule has 7 nitrogen and oxygen atoms in total. The number of rotatable bonds is 7. The molecule has 0 saturated carbocycles. The number of H-pyrrole nitrogens is 1. The average molecular weight is 391 g/mol. The average Bonchev–Trinajstić information content (AvgIpc) is 3.28. The smallest absolute Gasteiger partial charge is 0.245 e. The fourth-order valence-corrected chi connectivity index (χ4v) is 3.98. The number of benzene rings is 1. The Kier molecular flexibility index (Phi) is 5.84. The third-order valence-electron chi connectivity index (χ3n) is 4.85. The number of carbonyl (C=O) groups excluding carboxylic acids is 2. The van der Waals surface area contributed by atoms with Crippen molar-refractivity contribution in [3.8, 4) is 0 Å². The number of para-hydroxylation sites is 1. The molecule has 27 heavy (non-hydrogen) atoms. The van der Waals surface area contributed by atoms with Crippen LogP contribution < -0.4 is 5.32 Å². The molecule has 1 fully saturated rings. The second-order valence-corrected chi connectivity index (χ2v) is 9.36. The van der Waals surface area contributed by atoms with Crippen molar-refractivity contribution in [2.75, 3.05) is 25.1 Å². The first-order chi connectivity index (χ1) is 12.8. The van der Waals surface area contributed by atoms with Gasteiger partial charge in [-0.25, -0.2) is 8.42 Å². The van der Waals surface area contributed by atoms with Crippen LogP contribution in [0.2, 0.25) is 0 Å². The van der Waals surface area contributed by atoms with Crippen LogP contribution in [0.5, 0.6) is 0 Å². The monoisotopic (exact) mass is 391 g/mol. The Morgan fingerprint density at radius 3 is 2.63 bits per heavy atom. The Balaban J connectivity index is 1.76. The number of nitrogens with one attached hydrogen (secondary N) is 2. The number of likely N-dealkylation sites (tertiary alicyclic amines) is 1. The summed E-state index contributed by atoms with van der Waals surface area (Å²) in [6.07, 6.45) is 5.11. The first-order valence-electron chi connectivity index (χ1n) is 9.14. The molecule has 1 aliphatic rings. The number of carbonyl (C=O) groups is 2. The van der Waals surface area contributed by atoms with E-state index in [2.05, 4.69) is 10.3 Å². The van der Waals surface area contributed by atoms with Crippen LogP contribution in [0.1, 0.15) is 24.8 Å². The molecule has 3 rings (SSSR count). The molecule has 0 radical (unpaired) electrons. The van der Waals surface area contributed by atoms with Gasteiger partial charge in [0.15, 0.2) is 0 Å². The molecule has 8 heteroatoms. The molecule has 2 N–H and O–H groups in total. The maximum absolute atomic E-state index is 12.9. The Bertz CT molecular complexity index is 929. The minimum absolute atomic E-state index is 0.106. The number of amides is 2. The standard InChI is InChI=1S/C19H25N3O4S/c1-27(25,26)11-8-18(23)21-17(19(24)22-9-4-5-10-22)12-14-13-20-16-7-3-2-6-15(14)16/h2-3,6-7,13,17,20H,4-5,8-12H2,1H3,(H,21,23). The summed E-state index contributed by atoms with van der Waals surface area (Å²) in [5, 5.41) is 3.78. The summed E-state index contributed by atoms with van der Waals surface area (Å²) in [6, 6.07) is 7.10. The van der Waals surface area contributed by atoms with Crippen molar-refractivity contribution in [2.24, 2.45) is 0 Å². The zero-order chi connectivity index (χ0) is 19.4. The number of nitrogens with zero attached hydrogens (tertiary/aromatic N) is 1. The summed E-state index contributed by atoms with van der Waals surface area (Å²) < 4.78 is 22.6. The molecule has 1 saturated heterocycles. The molecule has 146 valence electrons. The number of fused-ring (bicyclic) bond motifs is 1. The van der Waals surface area contributed by atoms with Crippen molar-refractivity contribution in [1.29, 1.82) is 0 Å². The maximum Gasteiger partial charge on any atom is 0.245 e. The van der Waals surface area contributed by atoms with Gasteiger partial charge in [0, 0.05) is 49.3 Å². The van der Waals surface area contributed by atoms with E-state index in [-0.39, 0.29) is 18.1 Å². The van der Waals surface area contributed by atoms with Crippen molar-refractivity contribution in [1.82, 2.24) is 15.2 Å². The maximum atomic E-state index is 12.9. The lowest BCUT2D eigenvalue weighted by Gasteiger charge is -2.24. The molecule has 2 heterocycles. The summed E-state index contributed by atoms with van der Waals surface area (Å²) in [7, 11) is -3.23. The summed E-state index contributed by atoms with van der Waals surface area (Å²) in [5.41, 5.74) is 1.93. The highest BCUT2D eigenvalue weighted by Crippen LogP contribution is 2.20. The second-order valence-electron chi connectivity index (χ2n) is 7.10. The Labute approximate surface area is 159 Å². The minimum atomic E-state index is -3.23. The van der Waals surface area contributed by atoms with Crippen LogP contribution >= 0.6 is 0 Å². The molecule has 1 unspecified atom stereocenters. The fourth-order valence-electron chi connectivity index (χ4n) is 3.42. The highest BCUT2D eigenvalue weighted by molar-refractivity contribution is 7.90. The SMILES string of the molecule is CS(=O)(=O)CCC(=O)NC(Cc1c[nH]c2ccccc12)C(=O)N1CCCC1. The lowest BCUT2D eigenvalue weighted by molar-refractivity contribution is -0.135. The third kappa shape index (κ3) is 5.09. The van der Waals surface area contributed by atoms with Crippen LogP contribution in [-0.4, -0.2) is 61.3 Å². The number of aromatic nitrogens is 1. The van der Waals surface area contributed by atoms with Crippen molar-refractivity contribution < 1.29 is 18.0 Å². The lowest BCUT2D eigenvalue weighted by Crippen LogP contribution is -2.49. The molecule has 1 aliphatic heterocycles. The molecule has 0 bridgehead atoms. The van der Waals surface area contributed by atoms with E-state index in [9.17, 15) is 18.0 Å². The van der Waals surface area contributed by atoms with E-state index in [1.807, 2.05) is 30.5 Å². The molecule has 2 amide bonds. The van der Waals surface area contributed by atoms with Gasteiger partial charge in [0.25, 0.3) is 0 Å². The van der Waals surface area contributed by atoms with Gasteiger partial charge in [-0.2, -0.15) is 0 Å². The van der Waals surface area contributed by atoms with Crippen molar-refractivity contribution in [3.63, 3.8) is 0 Å². The van der Waals surface area contributed by atoms with Gasteiger partial charge in [-0.05, 0) is 24.5 Å². The first-order valence-corrected chi connectivity index (χ1v) is 11.2. The van der Waals surface area contributed by atoms with Crippen LogP contribution in [0.3, 0.4) is 0 Å². The zero-order valence-electron chi connectivity index (χ0n) is 15.4. The van der Waals surface area contributed by atoms with Crippen molar-refractivity contribution >= 4 is 32.6 Å². The minimum Gasteiger partial charge on any atom is -0.361 e. The predicted molar refractivity (Wildman–Crippen MR) is 104 cm³/mol. The van der Waals surface area contributed by atoms with E-state index in [0.29, 0.717) is 19.5 Å². The Hall–Kier alpha value is -2.35. The Morgan fingerprint density at radius 2 is 1.93 bits per heavy atom. The molecule has 2 aromatic rings. The second kappa shape index (κ2) is 8.12. The highest BCUT2D eigenvalue weighted by Gasteiger charge is 2.28. The quantitative estimate of drug-likeness (QED) is 0.742. The van der Waals surface area contributed by atoms with E-state index in [1.165, 1.54) is 0 Å². The molecular formula is C19H25N3O4S. The van der Waals surface area contributed by atoms with Gasteiger partial charge in [-0.15, -0.1) is 0 Å². The summed E-state index contributed by atoms with van der Waals surface area (Å²) in [6.45, 7) is 1.39. The largest absolute Gasteiger partial charge is 0.361 e. The van der Waals surface area contributed by atoms with E-state index in [4.69, 9.17) is 0 Å². The summed E-state index contributed by atoms with van der Waals surface area (Å²) in [4.78, 5) is 30.1. The fraction of sp³-hybridized carbons (Fsp3) is 0.474. The van der Waals surface area contributed by atoms with Crippen LogP contribution in [0.4, 0.5) is 0 Å². The van der Waals surface area contributed by atoms with Gasteiger partial charge in [0.2, 0.25) is 11.8 Å². The predicted octanol–water partition coefficient (Wildman–Crippen LogP) is 1.25. The van der Waals surface area contributed by atoms with Crippen LogP contribution in [0.15, 0.2) is 30.5 Å². The van der Waals surface area contributed by atoms with Gasteiger partial charge in [-0.1, -0.05) is 18.2 Å². The molecular weight excluding hydrogens is 366 g/mol. The van der Waals surface area contributed by atoms with Crippen molar-refractivity contribution in [2.45, 2.75) is 31.7 Å². The molecule has 1 aromatic heterocycles. The molecule has 0 spiro atoms. The van der Waals surface area contributed by atoms with E-state index < -0.39 is 21.8 Å². The van der Waals surface area contributed by atoms with E-state index in [0.717, 1.165) is 35.6 Å². The Morgan fingerprint density at radius 1 is 1.22 bits per heavy atom. The van der Waals surface area contributed by atoms with Gasteiger partial charge >= 0.3 is 0 Å². The van der Waals surface area contributed by atoms with Gasteiger partial charge in [0.1, 0.15) is 15.9 Å². The highest BCUT2D eigenvalue weighted by atomic mass is 32.2. The number of hydrogen-bond donors (Lipinski definition) is 2. The third-order valence-corrected chi connectivity index (χ3v) is 5.80. The van der Waals surface area contributed by atoms with E-state index in [1.54, 1.807) is 4.90 Å². The number of hydrogen-bond acceptors (Lipinski definition) is 4. The number of aromatic amines is 1. The van der Waals surface area contributed by atoms with Gasteiger partial charge < -0.3 is 15.2 Å². The van der Waals surface area contributed by atoms with Gasteiger partial charge in [-0.3, -0.25) is 9.59 Å². The van der Waals surface area contributed by atoms with Gasteiger partial charge in [0.05, 0.1) is 5.75 Å². The van der Waals surface area contributed by atoms with Crippen LogP contribution in [0, 0.1) is 0 Å². The van der Waals surface area contributed by atoms with Crippen LogP contribution in [0.25, 0.3) is 10.9 Å². The zero-order valence-corrected chi connectivity index (χ0v) is 16.2. The van der Waals surface area contributed by atoms with E-state index >= 15 is 0 Å². The molecule has 0 aliphatic carbocycles. The normalized spacial score (nSPS) is 15.8. The summed E-state index contributed by atoms with van der Waals surface area (Å²) in [5.74, 6) is -0.750. The van der Waals surface area contributed by atoms with Crippen LogP contribution in [-0.2, 0) is 25.8 Å². The lowest BCUT2D eigenvalue weighted by atomic mass is 10.0. The van der Waals surface area contributed by atoms with Crippen molar-refractivity contribution in [3.05, 3.63) is 36.0 Å². The topological polar surface area (TPSA) is 99.3 Å². The molecule has 1 aromatic carbocycles. The summed E-state index contributed by atoms with van der Waals surface area (Å²) >= 11 is 0.